The maximum atomic E-state index is 6.02. The zero-order chi connectivity index (χ0) is 10.7. The van der Waals surface area contributed by atoms with E-state index in [1.807, 2.05) is 25.1 Å². The number of nitrogens with two attached hydrogens (primary N) is 1. The van der Waals surface area contributed by atoms with Crippen LogP contribution in [0, 0.1) is 0 Å². The van der Waals surface area contributed by atoms with Crippen molar-refractivity contribution >= 4 is 44.3 Å². The lowest BCUT2D eigenvalue weighted by Crippen LogP contribution is -2.10. The summed E-state index contributed by atoms with van der Waals surface area (Å²) in [4.78, 5) is 0. The van der Waals surface area contributed by atoms with E-state index in [0.29, 0.717) is 0 Å². The van der Waals surface area contributed by atoms with Gasteiger partial charge in [0.25, 0.3) is 0 Å². The van der Waals surface area contributed by atoms with Crippen LogP contribution in [0.2, 0.25) is 0 Å². The third-order valence-electron chi connectivity index (χ3n) is 1.94. The molecule has 1 aromatic carbocycles. The van der Waals surface area contributed by atoms with Crippen LogP contribution in [0.25, 0.3) is 0 Å². The Morgan fingerprint density at radius 3 is 2.47 bits per heavy atom. The summed E-state index contributed by atoms with van der Waals surface area (Å²) in [6, 6.07) is 6.11. The van der Waals surface area contributed by atoms with Crippen molar-refractivity contribution in [2.45, 2.75) is 19.4 Å². The molecule has 0 fully saturated rings. The van der Waals surface area contributed by atoms with Crippen LogP contribution in [0.1, 0.15) is 24.9 Å². The van der Waals surface area contributed by atoms with E-state index < -0.39 is 0 Å². The molecule has 1 aromatic rings. The molecule has 4 heteroatoms. The van der Waals surface area contributed by atoms with Gasteiger partial charge in [0.2, 0.25) is 0 Å². The maximum absolute atomic E-state index is 6.02. The maximum Gasteiger partial charge on any atom is 0.0332 e. The van der Waals surface area contributed by atoms with Gasteiger partial charge in [0.05, 0.1) is 0 Å². The summed E-state index contributed by atoms with van der Waals surface area (Å²) in [6.45, 7) is 5.85. The van der Waals surface area contributed by atoms with Gasteiger partial charge in [0.15, 0.2) is 0 Å². The molecule has 0 unspecified atom stereocenters. The van der Waals surface area contributed by atoms with Crippen LogP contribution < -0.4 is 5.73 Å². The average molecular weight is 356 g/mol. The lowest BCUT2D eigenvalue weighted by atomic mass is 10.0. The van der Waals surface area contributed by atoms with Crippen LogP contribution in [-0.2, 0) is 0 Å². The third-order valence-corrected chi connectivity index (χ3v) is 3.82. The molecule has 0 saturated heterocycles. The number of rotatable bonds is 3. The lowest BCUT2D eigenvalue weighted by molar-refractivity contribution is 0.716. The summed E-state index contributed by atoms with van der Waals surface area (Å²) in [5.41, 5.74) is 8.25. The standard InChI is InChI=1S/C11H13Br2N.ClH/c1-7(2)5-11(14)8-3-4-9(12)10(13)6-8;/h3-4,6,11H,1,5,14H2,2H3;1H/t11-;/m0./s1. The molecule has 0 bridgehead atoms. The lowest BCUT2D eigenvalue weighted by Gasteiger charge is -2.12. The van der Waals surface area contributed by atoms with E-state index in [0.717, 1.165) is 26.5 Å². The second-order valence-electron chi connectivity index (χ2n) is 3.44. The molecule has 0 aliphatic carbocycles. The number of hydrogen-bond acceptors (Lipinski definition) is 1. The fourth-order valence-electron chi connectivity index (χ4n) is 1.24. The van der Waals surface area contributed by atoms with Crippen molar-refractivity contribution in [2.24, 2.45) is 5.73 Å². The first kappa shape index (κ1) is 15.2. The van der Waals surface area contributed by atoms with Crippen molar-refractivity contribution in [2.75, 3.05) is 0 Å². The molecule has 0 aliphatic heterocycles. The average Bonchev–Trinajstić information content (AvgIpc) is 2.08. The van der Waals surface area contributed by atoms with E-state index in [1.54, 1.807) is 0 Å². The smallest absolute Gasteiger partial charge is 0.0332 e. The molecule has 2 N–H and O–H groups in total. The number of benzene rings is 1. The van der Waals surface area contributed by atoms with Crippen molar-refractivity contribution in [3.8, 4) is 0 Å². The first-order chi connectivity index (χ1) is 6.50. The Morgan fingerprint density at radius 1 is 1.40 bits per heavy atom. The first-order valence-electron chi connectivity index (χ1n) is 4.35. The van der Waals surface area contributed by atoms with Gasteiger partial charge < -0.3 is 5.73 Å². The fraction of sp³-hybridized carbons (Fsp3) is 0.273. The Labute approximate surface area is 114 Å². The largest absolute Gasteiger partial charge is 0.324 e. The van der Waals surface area contributed by atoms with Gasteiger partial charge in [0, 0.05) is 15.0 Å². The predicted octanol–water partition coefficient (Wildman–Crippen LogP) is 4.60. The minimum absolute atomic E-state index is 0. The second kappa shape index (κ2) is 6.69. The Morgan fingerprint density at radius 2 is 2.00 bits per heavy atom. The van der Waals surface area contributed by atoms with Crippen molar-refractivity contribution < 1.29 is 0 Å². The van der Waals surface area contributed by atoms with Crippen LogP contribution in [0.3, 0.4) is 0 Å². The summed E-state index contributed by atoms with van der Waals surface area (Å²) in [6.07, 6.45) is 0.827. The molecule has 1 nitrogen and oxygen atoms in total. The molecule has 0 aliphatic rings. The van der Waals surface area contributed by atoms with Gasteiger partial charge in [-0.2, -0.15) is 0 Å². The number of hydrogen-bond donors (Lipinski definition) is 1. The zero-order valence-electron chi connectivity index (χ0n) is 8.47. The molecule has 84 valence electrons. The van der Waals surface area contributed by atoms with E-state index >= 15 is 0 Å². The highest BCUT2D eigenvalue weighted by Crippen LogP contribution is 2.27. The molecule has 0 amide bonds. The summed E-state index contributed by atoms with van der Waals surface area (Å²) >= 11 is 6.88. The molecule has 1 atom stereocenters. The van der Waals surface area contributed by atoms with E-state index in [9.17, 15) is 0 Å². The summed E-state index contributed by atoms with van der Waals surface area (Å²) < 4.78 is 2.08. The normalized spacial score (nSPS) is 11.7. The monoisotopic (exact) mass is 353 g/mol. The summed E-state index contributed by atoms with van der Waals surface area (Å²) in [5.74, 6) is 0. The van der Waals surface area contributed by atoms with Crippen LogP contribution in [0.5, 0.6) is 0 Å². The Kier molecular flexibility index (Phi) is 6.76. The third kappa shape index (κ3) is 4.68. The van der Waals surface area contributed by atoms with Gasteiger partial charge in [0.1, 0.15) is 0 Å². The molecule has 0 radical (unpaired) electrons. The molecule has 0 heterocycles. The van der Waals surface area contributed by atoms with E-state index in [1.165, 1.54) is 0 Å². The predicted molar refractivity (Wildman–Crippen MR) is 75.4 cm³/mol. The Balaban J connectivity index is 0.00000196. The molecule has 0 spiro atoms. The van der Waals surface area contributed by atoms with Crippen molar-refractivity contribution in [1.82, 2.24) is 0 Å². The van der Waals surface area contributed by atoms with Gasteiger partial charge in [-0.15, -0.1) is 19.0 Å². The Hall–Kier alpha value is 0.170. The van der Waals surface area contributed by atoms with E-state index in [-0.39, 0.29) is 18.4 Å². The minimum Gasteiger partial charge on any atom is -0.324 e. The van der Waals surface area contributed by atoms with Crippen LogP contribution in [0.15, 0.2) is 39.3 Å². The highest BCUT2D eigenvalue weighted by molar-refractivity contribution is 9.13. The van der Waals surface area contributed by atoms with Crippen molar-refractivity contribution in [1.29, 1.82) is 0 Å². The van der Waals surface area contributed by atoms with Crippen LogP contribution >= 0.6 is 44.3 Å². The molecular weight excluding hydrogens is 341 g/mol. The van der Waals surface area contributed by atoms with Crippen LogP contribution in [0.4, 0.5) is 0 Å². The van der Waals surface area contributed by atoms with E-state index in [4.69, 9.17) is 5.73 Å². The minimum atomic E-state index is 0. The van der Waals surface area contributed by atoms with Gasteiger partial charge in [-0.3, -0.25) is 0 Å². The highest BCUT2D eigenvalue weighted by Gasteiger charge is 2.07. The number of halogens is 3. The van der Waals surface area contributed by atoms with Crippen LogP contribution in [-0.4, -0.2) is 0 Å². The Bertz CT molecular complexity index is 352. The topological polar surface area (TPSA) is 26.0 Å². The SMILES string of the molecule is C=C(C)C[C@H](N)c1ccc(Br)c(Br)c1.Cl. The van der Waals surface area contributed by atoms with Gasteiger partial charge in [-0.1, -0.05) is 11.6 Å². The van der Waals surface area contributed by atoms with Crippen molar-refractivity contribution in [3.05, 3.63) is 44.9 Å². The molecule has 0 saturated carbocycles. The van der Waals surface area contributed by atoms with Gasteiger partial charge in [-0.05, 0) is 62.9 Å². The quantitative estimate of drug-likeness (QED) is 0.788. The summed E-state index contributed by atoms with van der Waals surface area (Å²) in [7, 11) is 0. The molecule has 0 aromatic heterocycles. The zero-order valence-corrected chi connectivity index (χ0v) is 12.5. The second-order valence-corrected chi connectivity index (χ2v) is 5.15. The first-order valence-corrected chi connectivity index (χ1v) is 5.94. The highest BCUT2D eigenvalue weighted by atomic mass is 79.9. The fourth-order valence-corrected chi connectivity index (χ4v) is 1.88. The van der Waals surface area contributed by atoms with E-state index in [2.05, 4.69) is 38.4 Å². The van der Waals surface area contributed by atoms with Crippen molar-refractivity contribution in [3.63, 3.8) is 0 Å². The van der Waals surface area contributed by atoms with Gasteiger partial charge in [-0.25, -0.2) is 0 Å². The molecule has 15 heavy (non-hydrogen) atoms. The van der Waals surface area contributed by atoms with Gasteiger partial charge >= 0.3 is 0 Å². The molecular formula is C11H14Br2ClN. The molecule has 1 rings (SSSR count). The summed E-state index contributed by atoms with van der Waals surface area (Å²) in [5, 5.41) is 0.